The van der Waals surface area contributed by atoms with Crippen LogP contribution in [-0.2, 0) is 0 Å². The number of hydrogen-bond acceptors (Lipinski definition) is 3. The highest BCUT2D eigenvalue weighted by Crippen LogP contribution is 2.30. The van der Waals surface area contributed by atoms with Gasteiger partial charge in [0.25, 0.3) is 5.91 Å². The summed E-state index contributed by atoms with van der Waals surface area (Å²) < 4.78 is 0. The number of carbonyl (C=O) groups is 2. The molecule has 0 spiro atoms. The van der Waals surface area contributed by atoms with E-state index < -0.39 is 0 Å². The molecule has 0 aromatic heterocycles. The fourth-order valence-corrected chi connectivity index (χ4v) is 5.40. The van der Waals surface area contributed by atoms with Crippen LogP contribution in [0.15, 0.2) is 54.6 Å². The van der Waals surface area contributed by atoms with Crippen LogP contribution in [0.4, 0.5) is 4.79 Å². The topological polar surface area (TPSA) is 47.1 Å². The highest BCUT2D eigenvalue weighted by Gasteiger charge is 2.31. The first kappa shape index (κ1) is 21.7. The normalized spacial score (nSPS) is 18.1. The Morgan fingerprint density at radius 1 is 0.758 bits per heavy atom. The summed E-state index contributed by atoms with van der Waals surface area (Å²) in [6.45, 7) is 4.88. The molecule has 6 nitrogen and oxygen atoms in total. The minimum atomic E-state index is 0.103. The zero-order chi connectivity index (χ0) is 22.9. The maximum absolute atomic E-state index is 13.8. The van der Waals surface area contributed by atoms with Crippen LogP contribution in [0.1, 0.15) is 23.2 Å². The van der Waals surface area contributed by atoms with Gasteiger partial charge in [0.2, 0.25) is 0 Å². The Morgan fingerprint density at radius 3 is 1.85 bits per heavy atom. The SMILES string of the molecule is CN(C)C(=O)N1CCC(N2CCN(C(=O)c3c4ccccc4cc4ccccc34)CC2)CC1. The Kier molecular flexibility index (Phi) is 5.94. The molecule has 0 saturated carbocycles. The largest absolute Gasteiger partial charge is 0.336 e. The minimum absolute atomic E-state index is 0.103. The number of likely N-dealkylation sites (tertiary alicyclic amines) is 1. The van der Waals surface area contributed by atoms with Gasteiger partial charge in [-0.3, -0.25) is 9.69 Å². The van der Waals surface area contributed by atoms with Crippen molar-refractivity contribution >= 4 is 33.5 Å². The second-order valence-corrected chi connectivity index (χ2v) is 9.42. The Hall–Kier alpha value is -3.12. The number of urea groups is 1. The predicted molar refractivity (Wildman–Crippen MR) is 133 cm³/mol. The summed E-state index contributed by atoms with van der Waals surface area (Å²) in [5.41, 5.74) is 0.827. The number of benzene rings is 3. The van der Waals surface area contributed by atoms with Gasteiger partial charge < -0.3 is 14.7 Å². The molecule has 2 aliphatic heterocycles. The quantitative estimate of drug-likeness (QED) is 0.564. The van der Waals surface area contributed by atoms with Crippen LogP contribution < -0.4 is 0 Å². The van der Waals surface area contributed by atoms with E-state index in [2.05, 4.69) is 35.2 Å². The molecule has 2 aliphatic rings. The molecule has 2 fully saturated rings. The van der Waals surface area contributed by atoms with E-state index in [1.165, 1.54) is 0 Å². The van der Waals surface area contributed by atoms with E-state index in [0.29, 0.717) is 6.04 Å². The standard InChI is InChI=1S/C27H32N4O2/c1-28(2)27(33)31-13-11-22(12-14-31)29-15-17-30(18-16-29)26(32)25-23-9-5-3-7-20(23)19-21-8-4-6-10-24(21)25/h3-10,19,22H,11-18H2,1-2H3. The van der Waals surface area contributed by atoms with Crippen LogP contribution in [0.5, 0.6) is 0 Å². The third kappa shape index (κ3) is 4.15. The molecule has 5 rings (SSSR count). The molecule has 3 amide bonds. The van der Waals surface area contributed by atoms with Crippen molar-refractivity contribution in [1.29, 1.82) is 0 Å². The molecule has 2 saturated heterocycles. The summed E-state index contributed by atoms with van der Waals surface area (Å²) >= 11 is 0. The number of nitrogens with zero attached hydrogens (tertiary/aromatic N) is 4. The maximum Gasteiger partial charge on any atom is 0.319 e. The fraction of sp³-hybridized carbons (Fsp3) is 0.407. The lowest BCUT2D eigenvalue weighted by molar-refractivity contribution is 0.0471. The average Bonchev–Trinajstić information content (AvgIpc) is 2.86. The maximum atomic E-state index is 13.8. The molecule has 0 aliphatic carbocycles. The summed E-state index contributed by atoms with van der Waals surface area (Å²) in [6, 6.07) is 19.2. The number of hydrogen-bond donors (Lipinski definition) is 0. The lowest BCUT2D eigenvalue weighted by Gasteiger charge is -2.43. The van der Waals surface area contributed by atoms with Crippen LogP contribution in [0, 0.1) is 0 Å². The number of piperazine rings is 1. The Morgan fingerprint density at radius 2 is 1.30 bits per heavy atom. The van der Waals surface area contributed by atoms with E-state index in [9.17, 15) is 9.59 Å². The average molecular weight is 445 g/mol. The number of carbonyl (C=O) groups excluding carboxylic acids is 2. The van der Waals surface area contributed by atoms with Gasteiger partial charge in [-0.05, 0) is 40.5 Å². The lowest BCUT2D eigenvalue weighted by Crippen LogP contribution is -2.55. The van der Waals surface area contributed by atoms with Crippen molar-refractivity contribution in [3.05, 3.63) is 60.2 Å². The van der Waals surface area contributed by atoms with Gasteiger partial charge in [-0.2, -0.15) is 0 Å². The van der Waals surface area contributed by atoms with Crippen molar-refractivity contribution in [2.45, 2.75) is 18.9 Å². The number of fused-ring (bicyclic) bond motifs is 2. The number of rotatable bonds is 2. The van der Waals surface area contributed by atoms with Crippen LogP contribution in [0.2, 0.25) is 0 Å². The minimum Gasteiger partial charge on any atom is -0.336 e. The first-order valence-electron chi connectivity index (χ1n) is 11.9. The molecule has 33 heavy (non-hydrogen) atoms. The van der Waals surface area contributed by atoms with Crippen LogP contribution >= 0.6 is 0 Å². The molecular weight excluding hydrogens is 412 g/mol. The van der Waals surface area contributed by atoms with E-state index >= 15 is 0 Å². The summed E-state index contributed by atoms with van der Waals surface area (Å²) in [5.74, 6) is 0.133. The van der Waals surface area contributed by atoms with Crippen molar-refractivity contribution in [1.82, 2.24) is 19.6 Å². The molecule has 3 aromatic carbocycles. The van der Waals surface area contributed by atoms with Crippen LogP contribution in [0.3, 0.4) is 0 Å². The van der Waals surface area contributed by atoms with Gasteiger partial charge in [0.15, 0.2) is 0 Å². The van der Waals surface area contributed by atoms with Gasteiger partial charge in [-0.25, -0.2) is 4.79 Å². The van der Waals surface area contributed by atoms with Crippen LogP contribution in [0.25, 0.3) is 21.5 Å². The molecular formula is C27H32N4O2. The first-order valence-corrected chi connectivity index (χ1v) is 11.9. The highest BCUT2D eigenvalue weighted by molar-refractivity contribution is 6.18. The van der Waals surface area contributed by atoms with Crippen molar-refractivity contribution in [2.24, 2.45) is 0 Å². The van der Waals surface area contributed by atoms with E-state index in [0.717, 1.165) is 79.2 Å². The molecule has 0 radical (unpaired) electrons. The Balaban J connectivity index is 1.29. The third-order valence-corrected chi connectivity index (χ3v) is 7.22. The van der Waals surface area contributed by atoms with Crippen LogP contribution in [-0.4, -0.2) is 90.9 Å². The lowest BCUT2D eigenvalue weighted by atomic mass is 9.95. The van der Waals surface area contributed by atoms with E-state index in [4.69, 9.17) is 0 Å². The van der Waals surface area contributed by atoms with Gasteiger partial charge in [0, 0.05) is 59.4 Å². The van der Waals surface area contributed by atoms with Crippen molar-refractivity contribution in [3.8, 4) is 0 Å². The van der Waals surface area contributed by atoms with Crippen molar-refractivity contribution in [2.75, 3.05) is 53.4 Å². The smallest absolute Gasteiger partial charge is 0.319 e. The number of piperidine rings is 1. The van der Waals surface area contributed by atoms with E-state index in [1.54, 1.807) is 4.90 Å². The monoisotopic (exact) mass is 444 g/mol. The summed E-state index contributed by atoms with van der Waals surface area (Å²) in [4.78, 5) is 34.1. The molecule has 0 bridgehead atoms. The van der Waals surface area contributed by atoms with Gasteiger partial charge >= 0.3 is 6.03 Å². The van der Waals surface area contributed by atoms with Gasteiger partial charge in [-0.1, -0.05) is 48.5 Å². The Bertz CT molecular complexity index is 1120. The zero-order valence-electron chi connectivity index (χ0n) is 19.5. The van der Waals surface area contributed by atoms with Gasteiger partial charge in [0.05, 0.1) is 5.56 Å². The molecule has 3 aromatic rings. The molecule has 0 unspecified atom stereocenters. The summed E-state index contributed by atoms with van der Waals surface area (Å²) in [5, 5.41) is 4.28. The third-order valence-electron chi connectivity index (χ3n) is 7.22. The highest BCUT2D eigenvalue weighted by atomic mass is 16.2. The molecule has 6 heteroatoms. The molecule has 0 atom stereocenters. The Labute approximate surface area is 195 Å². The predicted octanol–water partition coefficient (Wildman–Crippen LogP) is 3.90. The molecule has 2 heterocycles. The zero-order valence-corrected chi connectivity index (χ0v) is 19.5. The summed E-state index contributed by atoms with van der Waals surface area (Å²) in [6.07, 6.45) is 2.00. The summed E-state index contributed by atoms with van der Waals surface area (Å²) in [7, 11) is 3.62. The van der Waals surface area contributed by atoms with Gasteiger partial charge in [-0.15, -0.1) is 0 Å². The second kappa shape index (κ2) is 9.02. The first-order chi connectivity index (χ1) is 16.0. The van der Waals surface area contributed by atoms with E-state index in [-0.39, 0.29) is 11.9 Å². The number of amides is 3. The fourth-order valence-electron chi connectivity index (χ4n) is 5.40. The molecule has 172 valence electrons. The van der Waals surface area contributed by atoms with Gasteiger partial charge in [0.1, 0.15) is 0 Å². The van der Waals surface area contributed by atoms with E-state index in [1.807, 2.05) is 48.2 Å². The second-order valence-electron chi connectivity index (χ2n) is 9.42. The molecule has 0 N–H and O–H groups in total. The van der Waals surface area contributed by atoms with Crippen molar-refractivity contribution < 1.29 is 9.59 Å². The van der Waals surface area contributed by atoms with Crippen molar-refractivity contribution in [3.63, 3.8) is 0 Å².